The van der Waals surface area contributed by atoms with Gasteiger partial charge in [0.15, 0.2) is 0 Å². The zero-order chi connectivity index (χ0) is 14.8. The molecule has 0 spiro atoms. The zero-order valence-electron chi connectivity index (χ0n) is 13.0. The second kappa shape index (κ2) is 7.93. The van der Waals surface area contributed by atoms with Gasteiger partial charge < -0.3 is 10.4 Å². The molecule has 1 aromatic rings. The van der Waals surface area contributed by atoms with Crippen molar-refractivity contribution < 1.29 is 5.11 Å². The number of hydrogen-bond acceptors (Lipinski definition) is 3. The molecule has 2 N–H and O–H groups in total. The van der Waals surface area contributed by atoms with Gasteiger partial charge in [-0.15, -0.1) is 12.4 Å². The molecule has 1 aromatic carbocycles. The molecule has 1 atom stereocenters. The molecule has 0 aliphatic carbocycles. The fourth-order valence-corrected chi connectivity index (χ4v) is 3.36. The van der Waals surface area contributed by atoms with Gasteiger partial charge in [-0.2, -0.15) is 0 Å². The fraction of sp³-hybridized carbons (Fsp3) is 0.625. The van der Waals surface area contributed by atoms with Gasteiger partial charge in [-0.1, -0.05) is 41.9 Å². The van der Waals surface area contributed by atoms with E-state index in [0.717, 1.165) is 30.7 Å². The number of rotatable bonds is 4. The molecular formula is C16H26BrClN2O. The highest BCUT2D eigenvalue weighted by Gasteiger charge is 2.35. The highest BCUT2D eigenvalue weighted by atomic mass is 79.9. The van der Waals surface area contributed by atoms with Gasteiger partial charge in [-0.05, 0) is 24.1 Å². The van der Waals surface area contributed by atoms with Crippen molar-refractivity contribution in [3.8, 4) is 0 Å². The van der Waals surface area contributed by atoms with E-state index in [-0.39, 0.29) is 30.5 Å². The first-order valence-electron chi connectivity index (χ1n) is 7.27. The number of piperazine rings is 1. The average Bonchev–Trinajstić information content (AvgIpc) is 2.44. The van der Waals surface area contributed by atoms with E-state index in [2.05, 4.69) is 65.1 Å². The van der Waals surface area contributed by atoms with Crippen molar-refractivity contribution in [1.82, 2.24) is 10.2 Å². The van der Waals surface area contributed by atoms with Crippen LogP contribution >= 0.6 is 28.3 Å². The lowest BCUT2D eigenvalue weighted by atomic mass is 9.79. The molecule has 3 nitrogen and oxygen atoms in total. The summed E-state index contributed by atoms with van der Waals surface area (Å²) in [6.07, 6.45) is 0. The zero-order valence-corrected chi connectivity index (χ0v) is 15.4. The molecule has 0 radical (unpaired) electrons. The van der Waals surface area contributed by atoms with E-state index in [1.165, 1.54) is 11.1 Å². The molecule has 21 heavy (non-hydrogen) atoms. The van der Waals surface area contributed by atoms with Gasteiger partial charge in [-0.3, -0.25) is 4.90 Å². The lowest BCUT2D eigenvalue weighted by molar-refractivity contribution is 0.0305. The molecular weight excluding hydrogens is 352 g/mol. The first-order chi connectivity index (χ1) is 9.45. The molecule has 1 aliphatic heterocycles. The lowest BCUT2D eigenvalue weighted by Crippen LogP contribution is -2.49. The Kier molecular flexibility index (Phi) is 7.14. The van der Waals surface area contributed by atoms with Gasteiger partial charge in [0, 0.05) is 48.7 Å². The minimum Gasteiger partial charge on any atom is -0.396 e. The van der Waals surface area contributed by atoms with E-state index in [1.807, 2.05) is 0 Å². The third-order valence-corrected chi connectivity index (χ3v) is 5.03. The Balaban J connectivity index is 0.00000220. The molecule has 2 rings (SSSR count). The van der Waals surface area contributed by atoms with Crippen molar-refractivity contribution >= 4 is 28.3 Å². The molecule has 120 valence electrons. The van der Waals surface area contributed by atoms with Crippen LogP contribution in [0, 0.1) is 12.3 Å². The van der Waals surface area contributed by atoms with Crippen LogP contribution in [-0.2, 0) is 0 Å². The number of nitrogens with one attached hydrogen (secondary N) is 1. The molecule has 1 fully saturated rings. The van der Waals surface area contributed by atoms with Crippen LogP contribution in [0.25, 0.3) is 0 Å². The van der Waals surface area contributed by atoms with E-state index in [0.29, 0.717) is 0 Å². The van der Waals surface area contributed by atoms with Crippen molar-refractivity contribution in [2.75, 3.05) is 32.8 Å². The van der Waals surface area contributed by atoms with E-state index < -0.39 is 0 Å². The summed E-state index contributed by atoms with van der Waals surface area (Å²) in [5.74, 6) is 0. The van der Waals surface area contributed by atoms with Gasteiger partial charge in [0.05, 0.1) is 0 Å². The molecule has 1 aliphatic rings. The Morgan fingerprint density at radius 1 is 1.33 bits per heavy atom. The van der Waals surface area contributed by atoms with E-state index in [1.54, 1.807) is 0 Å². The molecule has 1 heterocycles. The number of hydrogen-bond donors (Lipinski definition) is 2. The fourth-order valence-electron chi connectivity index (χ4n) is 2.96. The molecule has 5 heteroatoms. The molecule has 0 aromatic heterocycles. The van der Waals surface area contributed by atoms with Crippen LogP contribution < -0.4 is 5.32 Å². The predicted octanol–water partition coefficient (Wildman–Crippen LogP) is 3.14. The molecule has 0 amide bonds. The van der Waals surface area contributed by atoms with Crippen molar-refractivity contribution in [3.63, 3.8) is 0 Å². The van der Waals surface area contributed by atoms with Crippen molar-refractivity contribution in [2.24, 2.45) is 5.41 Å². The van der Waals surface area contributed by atoms with Crippen LogP contribution in [0.15, 0.2) is 22.7 Å². The maximum atomic E-state index is 9.83. The molecule has 0 unspecified atom stereocenters. The second-order valence-electron chi connectivity index (χ2n) is 6.34. The van der Waals surface area contributed by atoms with E-state index in [9.17, 15) is 5.11 Å². The number of aliphatic hydroxyl groups excluding tert-OH is 1. The van der Waals surface area contributed by atoms with Crippen molar-refractivity contribution in [3.05, 3.63) is 33.8 Å². The van der Waals surface area contributed by atoms with E-state index >= 15 is 0 Å². The highest BCUT2D eigenvalue weighted by Crippen LogP contribution is 2.39. The normalized spacial score (nSPS) is 18.1. The lowest BCUT2D eigenvalue weighted by Gasteiger charge is -2.43. The molecule has 1 saturated heterocycles. The largest absolute Gasteiger partial charge is 0.396 e. The van der Waals surface area contributed by atoms with Crippen LogP contribution in [0.1, 0.15) is 31.0 Å². The Bertz CT molecular complexity index is 462. The van der Waals surface area contributed by atoms with Gasteiger partial charge in [0.2, 0.25) is 0 Å². The standard InChI is InChI=1S/C16H25BrN2O.ClH/c1-12-4-5-13(10-14(12)17)15(16(2,3)11-20)19-8-6-18-7-9-19;/h4-5,10,15,18,20H,6-9,11H2,1-3H3;1H/t15-;/m1./s1. The first kappa shape index (κ1) is 18.9. The minimum atomic E-state index is -0.161. The summed E-state index contributed by atoms with van der Waals surface area (Å²) < 4.78 is 1.14. The summed E-state index contributed by atoms with van der Waals surface area (Å²) in [4.78, 5) is 2.49. The third kappa shape index (κ3) is 4.42. The summed E-state index contributed by atoms with van der Waals surface area (Å²) in [6, 6.07) is 6.80. The van der Waals surface area contributed by atoms with Gasteiger partial charge in [-0.25, -0.2) is 0 Å². The van der Waals surface area contributed by atoms with Gasteiger partial charge >= 0.3 is 0 Å². The highest BCUT2D eigenvalue weighted by molar-refractivity contribution is 9.10. The summed E-state index contributed by atoms with van der Waals surface area (Å²) >= 11 is 3.63. The third-order valence-electron chi connectivity index (χ3n) is 4.18. The van der Waals surface area contributed by atoms with Crippen molar-refractivity contribution in [1.29, 1.82) is 0 Å². The SMILES string of the molecule is Cc1ccc([C@@H](N2CCNCC2)C(C)(C)CO)cc1Br.Cl. The quantitative estimate of drug-likeness (QED) is 0.846. The summed E-state index contributed by atoms with van der Waals surface area (Å²) in [6.45, 7) is 10.7. The molecule has 0 saturated carbocycles. The van der Waals surface area contributed by atoms with Crippen LogP contribution in [-0.4, -0.2) is 42.8 Å². The smallest absolute Gasteiger partial charge is 0.0500 e. The number of aryl methyl sites for hydroxylation is 1. The Labute approximate surface area is 142 Å². The topological polar surface area (TPSA) is 35.5 Å². The van der Waals surface area contributed by atoms with Crippen LogP contribution in [0.4, 0.5) is 0 Å². The van der Waals surface area contributed by atoms with Gasteiger partial charge in [0.1, 0.15) is 0 Å². The van der Waals surface area contributed by atoms with E-state index in [4.69, 9.17) is 0 Å². The monoisotopic (exact) mass is 376 g/mol. The number of aliphatic hydroxyl groups is 1. The minimum absolute atomic E-state index is 0. The number of nitrogens with zero attached hydrogens (tertiary/aromatic N) is 1. The second-order valence-corrected chi connectivity index (χ2v) is 7.20. The summed E-state index contributed by atoms with van der Waals surface area (Å²) in [5.41, 5.74) is 2.37. The number of benzene rings is 1. The van der Waals surface area contributed by atoms with Crippen LogP contribution in [0.2, 0.25) is 0 Å². The maximum absolute atomic E-state index is 9.83. The van der Waals surface area contributed by atoms with Gasteiger partial charge in [0.25, 0.3) is 0 Å². The Morgan fingerprint density at radius 3 is 2.48 bits per heavy atom. The van der Waals surface area contributed by atoms with Crippen molar-refractivity contribution in [2.45, 2.75) is 26.8 Å². The van der Waals surface area contributed by atoms with Crippen LogP contribution in [0.5, 0.6) is 0 Å². The Hall–Kier alpha value is -0.130. The summed E-state index contributed by atoms with van der Waals surface area (Å²) in [5, 5.41) is 13.2. The molecule has 0 bridgehead atoms. The van der Waals surface area contributed by atoms with Crippen LogP contribution in [0.3, 0.4) is 0 Å². The first-order valence-corrected chi connectivity index (χ1v) is 8.06. The number of halogens is 2. The predicted molar refractivity (Wildman–Crippen MR) is 94.2 cm³/mol. The maximum Gasteiger partial charge on any atom is 0.0500 e. The average molecular weight is 378 g/mol. The summed E-state index contributed by atoms with van der Waals surface area (Å²) in [7, 11) is 0. The Morgan fingerprint density at radius 2 is 1.95 bits per heavy atom.